The number of nitrogens with one attached hydrogen (secondary N) is 1. The van der Waals surface area contributed by atoms with Crippen molar-refractivity contribution in [2.75, 3.05) is 13.1 Å². The SMILES string of the molecule is CCc1cc(CNC(=O)N2CCC[C@@H](CC(N)=O)C2)on1. The summed E-state index contributed by atoms with van der Waals surface area (Å²) in [5, 5.41) is 6.70. The summed E-state index contributed by atoms with van der Waals surface area (Å²) in [5.41, 5.74) is 6.09. The number of carbonyl (C=O) groups excluding carboxylic acids is 2. The zero-order chi connectivity index (χ0) is 15.2. The fourth-order valence-electron chi connectivity index (χ4n) is 2.58. The highest BCUT2D eigenvalue weighted by Crippen LogP contribution is 2.19. The minimum absolute atomic E-state index is 0.140. The van der Waals surface area contributed by atoms with Crippen molar-refractivity contribution in [3.05, 3.63) is 17.5 Å². The summed E-state index contributed by atoms with van der Waals surface area (Å²) in [6.45, 7) is 3.60. The molecule has 0 bridgehead atoms. The van der Waals surface area contributed by atoms with Gasteiger partial charge in [0.2, 0.25) is 5.91 Å². The van der Waals surface area contributed by atoms with Gasteiger partial charge in [0.15, 0.2) is 5.76 Å². The molecule has 1 aromatic rings. The minimum Gasteiger partial charge on any atom is -0.370 e. The lowest BCUT2D eigenvalue weighted by atomic mass is 9.95. The second-order valence-corrected chi connectivity index (χ2v) is 5.42. The average Bonchev–Trinajstić information content (AvgIpc) is 2.92. The average molecular weight is 294 g/mol. The van der Waals surface area contributed by atoms with Gasteiger partial charge in [-0.25, -0.2) is 4.79 Å². The predicted molar refractivity (Wildman–Crippen MR) is 76.2 cm³/mol. The molecule has 0 saturated carbocycles. The van der Waals surface area contributed by atoms with Crippen molar-refractivity contribution in [3.8, 4) is 0 Å². The zero-order valence-electron chi connectivity index (χ0n) is 12.3. The molecule has 116 valence electrons. The molecule has 1 fully saturated rings. The number of urea groups is 1. The Morgan fingerprint density at radius 2 is 2.38 bits per heavy atom. The molecule has 1 saturated heterocycles. The molecule has 1 aliphatic heterocycles. The summed E-state index contributed by atoms with van der Waals surface area (Å²) >= 11 is 0. The third kappa shape index (κ3) is 4.47. The molecule has 2 rings (SSSR count). The minimum atomic E-state index is -0.309. The summed E-state index contributed by atoms with van der Waals surface area (Å²) in [4.78, 5) is 24.8. The summed E-state index contributed by atoms with van der Waals surface area (Å²) < 4.78 is 5.12. The van der Waals surface area contributed by atoms with Gasteiger partial charge in [0, 0.05) is 25.6 Å². The second kappa shape index (κ2) is 7.10. The maximum Gasteiger partial charge on any atom is 0.317 e. The van der Waals surface area contributed by atoms with Crippen LogP contribution in [-0.4, -0.2) is 35.1 Å². The van der Waals surface area contributed by atoms with Gasteiger partial charge in [-0.05, 0) is 25.2 Å². The molecular weight excluding hydrogens is 272 g/mol. The molecule has 2 heterocycles. The Morgan fingerprint density at radius 3 is 3.05 bits per heavy atom. The predicted octanol–water partition coefficient (Wildman–Crippen LogP) is 1.03. The highest BCUT2D eigenvalue weighted by molar-refractivity contribution is 5.75. The van der Waals surface area contributed by atoms with Crippen LogP contribution < -0.4 is 11.1 Å². The maximum atomic E-state index is 12.1. The van der Waals surface area contributed by atoms with E-state index in [1.165, 1.54) is 0 Å². The van der Waals surface area contributed by atoms with E-state index in [4.69, 9.17) is 10.3 Å². The standard InChI is InChI=1S/C14H22N4O3/c1-2-11-7-12(21-17-11)8-16-14(20)18-5-3-4-10(9-18)6-13(15)19/h7,10H,2-6,8-9H2,1H3,(H2,15,19)(H,16,20)/t10-/m0/s1. The molecule has 3 N–H and O–H groups in total. The first-order valence-electron chi connectivity index (χ1n) is 7.34. The van der Waals surface area contributed by atoms with Crippen LogP contribution in [0, 0.1) is 5.92 Å². The molecule has 0 radical (unpaired) electrons. The Balaban J connectivity index is 1.80. The number of aromatic nitrogens is 1. The van der Waals surface area contributed by atoms with Crippen LogP contribution in [0.15, 0.2) is 10.6 Å². The molecule has 0 spiro atoms. The largest absolute Gasteiger partial charge is 0.370 e. The first-order valence-corrected chi connectivity index (χ1v) is 7.34. The molecule has 1 aliphatic rings. The van der Waals surface area contributed by atoms with Crippen molar-refractivity contribution in [2.24, 2.45) is 11.7 Å². The number of aryl methyl sites for hydroxylation is 1. The summed E-state index contributed by atoms with van der Waals surface area (Å²) in [6, 6.07) is 1.70. The van der Waals surface area contributed by atoms with E-state index in [0.29, 0.717) is 31.8 Å². The normalized spacial score (nSPS) is 18.5. The van der Waals surface area contributed by atoms with E-state index in [1.807, 2.05) is 13.0 Å². The number of rotatable bonds is 5. The lowest BCUT2D eigenvalue weighted by molar-refractivity contribution is -0.119. The highest BCUT2D eigenvalue weighted by atomic mass is 16.5. The summed E-state index contributed by atoms with van der Waals surface area (Å²) in [5.74, 6) is 0.501. The Bertz CT molecular complexity index is 500. The van der Waals surface area contributed by atoms with Gasteiger partial charge in [-0.2, -0.15) is 0 Å². The fourth-order valence-corrected chi connectivity index (χ4v) is 2.58. The Labute approximate surface area is 123 Å². The van der Waals surface area contributed by atoms with Crippen molar-refractivity contribution in [2.45, 2.75) is 39.2 Å². The topological polar surface area (TPSA) is 101 Å². The van der Waals surface area contributed by atoms with E-state index < -0.39 is 0 Å². The molecule has 1 atom stereocenters. The first kappa shape index (κ1) is 15.3. The Hall–Kier alpha value is -2.05. The van der Waals surface area contributed by atoms with Crippen molar-refractivity contribution in [1.82, 2.24) is 15.4 Å². The molecule has 0 aliphatic carbocycles. The van der Waals surface area contributed by atoms with Gasteiger partial charge in [0.1, 0.15) is 0 Å². The van der Waals surface area contributed by atoms with Gasteiger partial charge in [0.05, 0.1) is 12.2 Å². The Morgan fingerprint density at radius 1 is 1.57 bits per heavy atom. The highest BCUT2D eigenvalue weighted by Gasteiger charge is 2.24. The van der Waals surface area contributed by atoms with E-state index in [9.17, 15) is 9.59 Å². The van der Waals surface area contributed by atoms with Gasteiger partial charge in [-0.1, -0.05) is 12.1 Å². The molecule has 7 nitrogen and oxygen atoms in total. The molecule has 7 heteroatoms. The molecule has 3 amide bonds. The molecular formula is C14H22N4O3. The van der Waals surface area contributed by atoms with Crippen LogP contribution in [0.2, 0.25) is 0 Å². The zero-order valence-corrected chi connectivity index (χ0v) is 12.3. The van der Waals surface area contributed by atoms with E-state index >= 15 is 0 Å². The third-order valence-electron chi connectivity index (χ3n) is 3.68. The van der Waals surface area contributed by atoms with Crippen LogP contribution in [0.25, 0.3) is 0 Å². The van der Waals surface area contributed by atoms with E-state index in [-0.39, 0.29) is 17.9 Å². The quantitative estimate of drug-likeness (QED) is 0.847. The number of likely N-dealkylation sites (tertiary alicyclic amines) is 1. The number of hydrogen-bond acceptors (Lipinski definition) is 4. The van der Waals surface area contributed by atoms with Crippen LogP contribution in [-0.2, 0) is 17.8 Å². The molecule has 1 aromatic heterocycles. The van der Waals surface area contributed by atoms with Crippen molar-refractivity contribution in [3.63, 3.8) is 0 Å². The van der Waals surface area contributed by atoms with Gasteiger partial charge in [-0.3, -0.25) is 4.79 Å². The number of nitrogens with zero attached hydrogens (tertiary/aromatic N) is 2. The molecule has 21 heavy (non-hydrogen) atoms. The Kier molecular flexibility index (Phi) is 5.19. The second-order valence-electron chi connectivity index (χ2n) is 5.42. The first-order chi connectivity index (χ1) is 10.1. The van der Waals surface area contributed by atoms with Crippen LogP contribution >= 0.6 is 0 Å². The van der Waals surface area contributed by atoms with Gasteiger partial charge in [-0.15, -0.1) is 0 Å². The third-order valence-corrected chi connectivity index (χ3v) is 3.68. The lowest BCUT2D eigenvalue weighted by Crippen LogP contribution is -2.45. The number of primary amides is 1. The monoisotopic (exact) mass is 294 g/mol. The van der Waals surface area contributed by atoms with Crippen molar-refractivity contribution < 1.29 is 14.1 Å². The van der Waals surface area contributed by atoms with Crippen molar-refractivity contribution >= 4 is 11.9 Å². The van der Waals surface area contributed by atoms with E-state index in [1.54, 1.807) is 4.90 Å². The van der Waals surface area contributed by atoms with Crippen LogP contribution in [0.5, 0.6) is 0 Å². The number of nitrogens with two attached hydrogens (primary N) is 1. The van der Waals surface area contributed by atoms with Crippen LogP contribution in [0.4, 0.5) is 4.79 Å². The maximum absolute atomic E-state index is 12.1. The smallest absolute Gasteiger partial charge is 0.317 e. The van der Waals surface area contributed by atoms with Gasteiger partial charge >= 0.3 is 6.03 Å². The number of carbonyl (C=O) groups is 2. The lowest BCUT2D eigenvalue weighted by Gasteiger charge is -2.32. The van der Waals surface area contributed by atoms with Crippen LogP contribution in [0.1, 0.15) is 37.6 Å². The number of hydrogen-bond donors (Lipinski definition) is 2. The van der Waals surface area contributed by atoms with E-state index in [0.717, 1.165) is 25.0 Å². The summed E-state index contributed by atoms with van der Waals surface area (Å²) in [6.07, 6.45) is 2.98. The summed E-state index contributed by atoms with van der Waals surface area (Å²) in [7, 11) is 0. The molecule has 0 aromatic carbocycles. The van der Waals surface area contributed by atoms with Crippen molar-refractivity contribution in [1.29, 1.82) is 0 Å². The fraction of sp³-hybridized carbons (Fsp3) is 0.643. The van der Waals surface area contributed by atoms with Gasteiger partial charge in [0.25, 0.3) is 0 Å². The number of amides is 3. The van der Waals surface area contributed by atoms with E-state index in [2.05, 4.69) is 10.5 Å². The number of piperidine rings is 1. The van der Waals surface area contributed by atoms with Crippen LogP contribution in [0.3, 0.4) is 0 Å². The molecule has 0 unspecified atom stereocenters. The van der Waals surface area contributed by atoms with Gasteiger partial charge < -0.3 is 20.5 Å².